The fourth-order valence-electron chi connectivity index (χ4n) is 1.81. The van der Waals surface area contributed by atoms with Crippen LogP contribution in [0.2, 0.25) is 0 Å². The molecule has 0 heterocycles. The van der Waals surface area contributed by atoms with Crippen molar-refractivity contribution in [1.29, 1.82) is 0 Å². The molecule has 0 aliphatic carbocycles. The molecule has 1 aromatic carbocycles. The minimum Gasteiger partial charge on any atom is -0.490 e. The maximum Gasteiger partial charge on any atom is 0.125 e. The van der Waals surface area contributed by atoms with E-state index in [0.29, 0.717) is 12.4 Å². The standard InChI is InChI=1S/C16H26O4/c1-4-5-8-19-10-14(18)11-20-16-9-12(2)6-7-15(16)13(3)17/h6-7,9,13-14,17-18H,4-5,8,10-11H2,1-3H3/t13-,14?/m0/s1. The third-order valence-corrected chi connectivity index (χ3v) is 3.00. The molecule has 1 rings (SSSR count). The Morgan fingerprint density at radius 2 is 1.95 bits per heavy atom. The van der Waals surface area contributed by atoms with Crippen molar-refractivity contribution in [3.8, 4) is 5.75 Å². The molecular weight excluding hydrogens is 256 g/mol. The predicted octanol–water partition coefficient (Wildman–Crippen LogP) is 2.60. The third-order valence-electron chi connectivity index (χ3n) is 3.00. The quantitative estimate of drug-likeness (QED) is 0.684. The van der Waals surface area contributed by atoms with Crippen molar-refractivity contribution in [1.82, 2.24) is 0 Å². The number of aliphatic hydroxyl groups is 2. The van der Waals surface area contributed by atoms with Gasteiger partial charge in [-0.25, -0.2) is 0 Å². The van der Waals surface area contributed by atoms with Gasteiger partial charge < -0.3 is 19.7 Å². The first-order valence-electron chi connectivity index (χ1n) is 7.21. The van der Waals surface area contributed by atoms with Gasteiger partial charge in [-0.15, -0.1) is 0 Å². The Morgan fingerprint density at radius 1 is 1.20 bits per heavy atom. The molecule has 4 nitrogen and oxygen atoms in total. The van der Waals surface area contributed by atoms with Crippen molar-refractivity contribution >= 4 is 0 Å². The number of benzene rings is 1. The number of aliphatic hydroxyl groups excluding tert-OH is 2. The summed E-state index contributed by atoms with van der Waals surface area (Å²) in [7, 11) is 0. The van der Waals surface area contributed by atoms with Crippen LogP contribution in [-0.4, -0.2) is 36.1 Å². The highest BCUT2D eigenvalue weighted by Crippen LogP contribution is 2.26. The molecule has 2 atom stereocenters. The third kappa shape index (κ3) is 5.90. The van der Waals surface area contributed by atoms with Crippen molar-refractivity contribution in [2.45, 2.75) is 45.8 Å². The molecule has 1 unspecified atom stereocenters. The van der Waals surface area contributed by atoms with Gasteiger partial charge in [0.15, 0.2) is 0 Å². The Hall–Kier alpha value is -1.10. The lowest BCUT2D eigenvalue weighted by molar-refractivity contribution is 0.0107. The van der Waals surface area contributed by atoms with Gasteiger partial charge in [-0.2, -0.15) is 0 Å². The predicted molar refractivity (Wildman–Crippen MR) is 79.0 cm³/mol. The average molecular weight is 282 g/mol. The fourth-order valence-corrected chi connectivity index (χ4v) is 1.81. The number of rotatable bonds is 9. The van der Waals surface area contributed by atoms with E-state index in [4.69, 9.17) is 9.47 Å². The Labute approximate surface area is 121 Å². The van der Waals surface area contributed by atoms with Crippen molar-refractivity contribution in [3.63, 3.8) is 0 Å². The SMILES string of the molecule is CCCCOCC(O)COc1cc(C)ccc1[C@H](C)O. The normalized spacial score (nSPS) is 14.1. The molecule has 0 aliphatic heterocycles. The molecule has 0 saturated heterocycles. The number of aryl methyl sites for hydroxylation is 1. The van der Waals surface area contributed by atoms with E-state index < -0.39 is 12.2 Å². The summed E-state index contributed by atoms with van der Waals surface area (Å²) in [5, 5.41) is 19.5. The van der Waals surface area contributed by atoms with Gasteiger partial charge in [-0.1, -0.05) is 25.5 Å². The average Bonchev–Trinajstić information content (AvgIpc) is 2.41. The van der Waals surface area contributed by atoms with E-state index in [9.17, 15) is 10.2 Å². The van der Waals surface area contributed by atoms with E-state index in [1.165, 1.54) is 0 Å². The molecule has 2 N–H and O–H groups in total. The Balaban J connectivity index is 2.46. The van der Waals surface area contributed by atoms with Crippen LogP contribution in [0, 0.1) is 6.92 Å². The second-order valence-corrected chi connectivity index (χ2v) is 5.11. The Kier molecular flexibility index (Phi) is 7.59. The van der Waals surface area contributed by atoms with E-state index in [-0.39, 0.29) is 13.2 Å². The second-order valence-electron chi connectivity index (χ2n) is 5.11. The van der Waals surface area contributed by atoms with E-state index in [0.717, 1.165) is 24.0 Å². The molecule has 0 bridgehead atoms. The van der Waals surface area contributed by atoms with Crippen LogP contribution in [0.4, 0.5) is 0 Å². The number of hydrogen-bond donors (Lipinski definition) is 2. The molecule has 4 heteroatoms. The largest absolute Gasteiger partial charge is 0.490 e. The Bertz CT molecular complexity index is 390. The molecule has 0 fully saturated rings. The highest BCUT2D eigenvalue weighted by atomic mass is 16.5. The summed E-state index contributed by atoms with van der Waals surface area (Å²) in [5.41, 5.74) is 1.78. The van der Waals surface area contributed by atoms with E-state index in [1.54, 1.807) is 6.92 Å². The molecule has 0 aliphatic rings. The van der Waals surface area contributed by atoms with Crippen LogP contribution in [0.1, 0.15) is 43.9 Å². The lowest BCUT2D eigenvalue weighted by Gasteiger charge is -2.17. The maximum absolute atomic E-state index is 9.80. The highest BCUT2D eigenvalue weighted by Gasteiger charge is 2.12. The van der Waals surface area contributed by atoms with Gasteiger partial charge in [-0.05, 0) is 31.9 Å². The van der Waals surface area contributed by atoms with E-state index >= 15 is 0 Å². The summed E-state index contributed by atoms with van der Waals surface area (Å²) in [6.07, 6.45) is 0.823. The van der Waals surface area contributed by atoms with E-state index in [2.05, 4.69) is 6.92 Å². The van der Waals surface area contributed by atoms with Crippen LogP contribution in [-0.2, 0) is 4.74 Å². The lowest BCUT2D eigenvalue weighted by Crippen LogP contribution is -2.24. The van der Waals surface area contributed by atoms with Crippen LogP contribution >= 0.6 is 0 Å². The second kappa shape index (κ2) is 8.95. The summed E-state index contributed by atoms with van der Waals surface area (Å²) in [5.74, 6) is 0.618. The van der Waals surface area contributed by atoms with Crippen LogP contribution in [0.3, 0.4) is 0 Å². The minimum atomic E-state index is -0.658. The van der Waals surface area contributed by atoms with Crippen LogP contribution in [0.25, 0.3) is 0 Å². The Morgan fingerprint density at radius 3 is 2.60 bits per heavy atom. The van der Waals surface area contributed by atoms with Gasteiger partial charge in [0, 0.05) is 12.2 Å². The van der Waals surface area contributed by atoms with Crippen molar-refractivity contribution in [3.05, 3.63) is 29.3 Å². The van der Waals surface area contributed by atoms with Gasteiger partial charge in [0.25, 0.3) is 0 Å². The molecule has 114 valence electrons. The maximum atomic E-state index is 9.80. The van der Waals surface area contributed by atoms with Crippen LogP contribution in [0.5, 0.6) is 5.75 Å². The fraction of sp³-hybridized carbons (Fsp3) is 0.625. The topological polar surface area (TPSA) is 58.9 Å². The summed E-state index contributed by atoms with van der Waals surface area (Å²) in [4.78, 5) is 0. The van der Waals surface area contributed by atoms with E-state index in [1.807, 2.05) is 25.1 Å². The summed E-state index contributed by atoms with van der Waals surface area (Å²) in [6.45, 7) is 6.85. The first-order valence-corrected chi connectivity index (χ1v) is 7.21. The summed E-state index contributed by atoms with van der Waals surface area (Å²) >= 11 is 0. The first-order chi connectivity index (χ1) is 9.54. The summed E-state index contributed by atoms with van der Waals surface area (Å²) in [6, 6.07) is 5.64. The van der Waals surface area contributed by atoms with Crippen molar-refractivity contribution in [2.24, 2.45) is 0 Å². The zero-order chi connectivity index (χ0) is 15.0. The molecule has 0 aromatic heterocycles. The number of ether oxygens (including phenoxy) is 2. The molecular formula is C16H26O4. The summed E-state index contributed by atoms with van der Waals surface area (Å²) < 4.78 is 11.0. The van der Waals surface area contributed by atoms with Gasteiger partial charge in [0.2, 0.25) is 0 Å². The first kappa shape index (κ1) is 17.0. The minimum absolute atomic E-state index is 0.162. The molecule has 0 radical (unpaired) electrons. The van der Waals surface area contributed by atoms with Crippen molar-refractivity contribution < 1.29 is 19.7 Å². The van der Waals surface area contributed by atoms with Crippen LogP contribution < -0.4 is 4.74 Å². The van der Waals surface area contributed by atoms with Crippen LogP contribution in [0.15, 0.2) is 18.2 Å². The lowest BCUT2D eigenvalue weighted by atomic mass is 10.1. The molecule has 0 spiro atoms. The highest BCUT2D eigenvalue weighted by molar-refractivity contribution is 5.38. The van der Waals surface area contributed by atoms with Gasteiger partial charge >= 0.3 is 0 Å². The number of hydrogen-bond acceptors (Lipinski definition) is 4. The van der Waals surface area contributed by atoms with Gasteiger partial charge in [-0.3, -0.25) is 0 Å². The molecule has 20 heavy (non-hydrogen) atoms. The van der Waals surface area contributed by atoms with Gasteiger partial charge in [0.05, 0.1) is 12.7 Å². The number of unbranched alkanes of at least 4 members (excludes halogenated alkanes) is 1. The van der Waals surface area contributed by atoms with Gasteiger partial charge in [0.1, 0.15) is 18.5 Å². The molecule has 0 saturated carbocycles. The molecule has 1 aromatic rings. The van der Waals surface area contributed by atoms with Crippen molar-refractivity contribution in [2.75, 3.05) is 19.8 Å². The molecule has 0 amide bonds. The zero-order valence-corrected chi connectivity index (χ0v) is 12.6. The zero-order valence-electron chi connectivity index (χ0n) is 12.6. The smallest absolute Gasteiger partial charge is 0.125 e. The monoisotopic (exact) mass is 282 g/mol.